The highest BCUT2D eigenvalue weighted by Crippen LogP contribution is 2.46. The Kier molecular flexibility index (Phi) is 6.51. The summed E-state index contributed by atoms with van der Waals surface area (Å²) in [6, 6.07) is 14.7. The zero-order valence-corrected chi connectivity index (χ0v) is 18.5. The van der Waals surface area contributed by atoms with Gasteiger partial charge in [-0.2, -0.15) is 0 Å². The van der Waals surface area contributed by atoms with Crippen LogP contribution in [-0.4, -0.2) is 18.4 Å². The van der Waals surface area contributed by atoms with E-state index in [1.165, 1.54) is 0 Å². The van der Waals surface area contributed by atoms with Crippen molar-refractivity contribution in [3.8, 4) is 5.75 Å². The second-order valence-corrected chi connectivity index (χ2v) is 8.04. The first-order valence-electron chi connectivity index (χ1n) is 10.6. The fourth-order valence-corrected chi connectivity index (χ4v) is 4.19. The predicted molar refractivity (Wildman–Crippen MR) is 120 cm³/mol. The molecule has 0 amide bonds. The first-order valence-corrected chi connectivity index (χ1v) is 10.9. The minimum Gasteiger partial charge on any atom is -0.489 e. The van der Waals surface area contributed by atoms with Crippen LogP contribution in [0.15, 0.2) is 71.3 Å². The van der Waals surface area contributed by atoms with Crippen molar-refractivity contribution >= 4 is 23.4 Å². The minimum absolute atomic E-state index is 0.0330. The van der Waals surface area contributed by atoms with Crippen LogP contribution in [0.2, 0.25) is 5.02 Å². The lowest BCUT2D eigenvalue weighted by atomic mass is 9.77. The number of carbonyl (C=O) groups excluding carboxylic acids is 2. The van der Waals surface area contributed by atoms with Gasteiger partial charge in [-0.05, 0) is 37.1 Å². The molecular weight excluding hydrogens is 430 g/mol. The molecule has 32 heavy (non-hydrogen) atoms. The van der Waals surface area contributed by atoms with Gasteiger partial charge >= 0.3 is 5.97 Å². The van der Waals surface area contributed by atoms with Crippen molar-refractivity contribution in [3.63, 3.8) is 0 Å². The number of benzene rings is 2. The van der Waals surface area contributed by atoms with Crippen LogP contribution in [0.5, 0.6) is 5.75 Å². The van der Waals surface area contributed by atoms with Gasteiger partial charge in [-0.25, -0.2) is 4.79 Å². The molecule has 1 atom stereocenters. The van der Waals surface area contributed by atoms with Crippen LogP contribution in [0.3, 0.4) is 0 Å². The largest absolute Gasteiger partial charge is 0.489 e. The number of hydrogen-bond donors (Lipinski definition) is 1. The summed E-state index contributed by atoms with van der Waals surface area (Å²) in [5.41, 5.74) is 8.36. The molecule has 166 valence electrons. The summed E-state index contributed by atoms with van der Waals surface area (Å²) in [5, 5.41) is 0.645. The number of esters is 1. The topological polar surface area (TPSA) is 87.9 Å². The van der Waals surface area contributed by atoms with E-state index in [0.29, 0.717) is 53.5 Å². The molecule has 1 aliphatic heterocycles. The van der Waals surface area contributed by atoms with E-state index in [9.17, 15) is 9.59 Å². The quantitative estimate of drug-likeness (QED) is 0.633. The number of hydrogen-bond acceptors (Lipinski definition) is 6. The van der Waals surface area contributed by atoms with Crippen molar-refractivity contribution in [2.45, 2.75) is 38.7 Å². The fraction of sp³-hybridized carbons (Fsp3) is 0.280. The molecule has 2 aromatic carbocycles. The summed E-state index contributed by atoms with van der Waals surface area (Å²) < 4.78 is 17.1. The fourth-order valence-electron chi connectivity index (χ4n) is 4.07. The van der Waals surface area contributed by atoms with E-state index in [1.807, 2.05) is 36.4 Å². The third-order valence-electron chi connectivity index (χ3n) is 5.52. The van der Waals surface area contributed by atoms with Crippen LogP contribution in [0.4, 0.5) is 0 Å². The van der Waals surface area contributed by atoms with Crippen LogP contribution in [0.25, 0.3) is 0 Å². The van der Waals surface area contributed by atoms with Crippen LogP contribution >= 0.6 is 11.6 Å². The van der Waals surface area contributed by atoms with Crippen molar-refractivity contribution in [2.75, 3.05) is 6.61 Å². The van der Waals surface area contributed by atoms with E-state index < -0.39 is 11.9 Å². The molecule has 0 fully saturated rings. The Hall–Kier alpha value is -3.25. The Labute approximate surface area is 191 Å². The van der Waals surface area contributed by atoms with E-state index >= 15 is 0 Å². The van der Waals surface area contributed by atoms with Gasteiger partial charge in [-0.3, -0.25) is 4.79 Å². The van der Waals surface area contributed by atoms with Crippen molar-refractivity contribution in [1.82, 2.24) is 0 Å². The third kappa shape index (κ3) is 4.36. The van der Waals surface area contributed by atoms with Crippen LogP contribution in [0.1, 0.15) is 43.2 Å². The molecule has 2 N–H and O–H groups in total. The molecular formula is C25H24ClNO5. The number of allylic oxidation sites excluding steroid dienone is 2. The normalized spacial score (nSPS) is 18.2. The standard InChI is InChI=1S/C25H24ClNO5/c1-2-30-25(29)23-21(22-18(28)7-5-9-20(22)32-24(23)27)17-6-3-4-8-19(17)31-14-15-10-12-16(26)13-11-15/h3-4,6,8,10-13,21H,2,5,7,9,14,27H2,1H3/t21-/m0/s1. The van der Waals surface area contributed by atoms with Gasteiger partial charge in [0.15, 0.2) is 5.78 Å². The lowest BCUT2D eigenvalue weighted by Crippen LogP contribution is -2.31. The van der Waals surface area contributed by atoms with Crippen LogP contribution in [-0.2, 0) is 25.7 Å². The number of ketones is 1. The molecule has 0 aromatic heterocycles. The first kappa shape index (κ1) is 22.0. The Morgan fingerprint density at radius 1 is 1.16 bits per heavy atom. The van der Waals surface area contributed by atoms with Crippen molar-refractivity contribution in [3.05, 3.63) is 87.5 Å². The molecule has 6 nitrogen and oxygen atoms in total. The van der Waals surface area contributed by atoms with Crippen molar-refractivity contribution in [1.29, 1.82) is 0 Å². The molecule has 1 aliphatic carbocycles. The van der Waals surface area contributed by atoms with Gasteiger partial charge in [-0.1, -0.05) is 41.9 Å². The van der Waals surface area contributed by atoms with Gasteiger partial charge in [-0.15, -0.1) is 0 Å². The third-order valence-corrected chi connectivity index (χ3v) is 5.77. The summed E-state index contributed by atoms with van der Waals surface area (Å²) in [6.45, 7) is 2.19. The van der Waals surface area contributed by atoms with Crippen LogP contribution in [0, 0.1) is 0 Å². The SMILES string of the molecule is CCOC(=O)C1=C(N)OC2=C(C(=O)CCC2)[C@@H]1c1ccccc1OCc1ccc(Cl)cc1. The summed E-state index contributed by atoms with van der Waals surface area (Å²) in [4.78, 5) is 25.8. The number of rotatable bonds is 6. The second-order valence-electron chi connectivity index (χ2n) is 7.60. The molecule has 0 unspecified atom stereocenters. The van der Waals surface area contributed by atoms with Gasteiger partial charge in [0, 0.05) is 29.0 Å². The van der Waals surface area contributed by atoms with Gasteiger partial charge in [0.05, 0.1) is 12.5 Å². The molecule has 2 aliphatic rings. The van der Waals surface area contributed by atoms with Gasteiger partial charge in [0.2, 0.25) is 5.88 Å². The van der Waals surface area contributed by atoms with E-state index in [2.05, 4.69) is 0 Å². The van der Waals surface area contributed by atoms with Gasteiger partial charge < -0.3 is 19.9 Å². The van der Waals surface area contributed by atoms with E-state index in [-0.39, 0.29) is 23.8 Å². The van der Waals surface area contributed by atoms with E-state index in [0.717, 1.165) is 5.56 Å². The lowest BCUT2D eigenvalue weighted by molar-refractivity contribution is -0.139. The average molecular weight is 454 g/mol. The molecule has 0 saturated carbocycles. The molecule has 0 bridgehead atoms. The highest BCUT2D eigenvalue weighted by molar-refractivity contribution is 6.30. The maximum absolute atomic E-state index is 13.0. The predicted octanol–water partition coefficient (Wildman–Crippen LogP) is 4.77. The Balaban J connectivity index is 1.76. The molecule has 4 rings (SSSR count). The van der Waals surface area contributed by atoms with E-state index in [4.69, 9.17) is 31.5 Å². The Morgan fingerprint density at radius 3 is 2.66 bits per heavy atom. The second kappa shape index (κ2) is 9.49. The highest BCUT2D eigenvalue weighted by atomic mass is 35.5. The zero-order chi connectivity index (χ0) is 22.7. The monoisotopic (exact) mass is 453 g/mol. The number of nitrogens with two attached hydrogens (primary N) is 1. The van der Waals surface area contributed by atoms with E-state index in [1.54, 1.807) is 19.1 Å². The Morgan fingerprint density at radius 2 is 1.91 bits per heavy atom. The molecule has 1 heterocycles. The molecule has 7 heteroatoms. The van der Waals surface area contributed by atoms with Gasteiger partial charge in [0.25, 0.3) is 0 Å². The average Bonchev–Trinajstić information content (AvgIpc) is 2.78. The number of Topliss-reactive ketones (excluding diaryl/α,β-unsaturated/α-hetero) is 1. The summed E-state index contributed by atoms with van der Waals surface area (Å²) in [5.74, 6) is -0.342. The zero-order valence-electron chi connectivity index (χ0n) is 17.7. The van der Waals surface area contributed by atoms with Crippen molar-refractivity contribution < 1.29 is 23.8 Å². The maximum Gasteiger partial charge on any atom is 0.340 e. The number of halogens is 1. The Bertz CT molecular complexity index is 1100. The molecule has 0 saturated heterocycles. The van der Waals surface area contributed by atoms with Crippen molar-refractivity contribution in [2.24, 2.45) is 5.73 Å². The lowest BCUT2D eigenvalue weighted by Gasteiger charge is -2.33. The highest BCUT2D eigenvalue weighted by Gasteiger charge is 2.42. The summed E-state index contributed by atoms with van der Waals surface area (Å²) in [7, 11) is 0. The number of carbonyl (C=O) groups is 2. The number of ether oxygens (including phenoxy) is 3. The van der Waals surface area contributed by atoms with Gasteiger partial charge in [0.1, 0.15) is 23.7 Å². The summed E-state index contributed by atoms with van der Waals surface area (Å²) in [6.07, 6.45) is 1.66. The minimum atomic E-state index is -0.716. The molecule has 0 radical (unpaired) electrons. The molecule has 2 aromatic rings. The maximum atomic E-state index is 13.0. The smallest absolute Gasteiger partial charge is 0.340 e. The number of para-hydroxylation sites is 1. The van der Waals surface area contributed by atoms with Crippen LogP contribution < -0.4 is 10.5 Å². The first-order chi connectivity index (χ1) is 15.5. The summed E-state index contributed by atoms with van der Waals surface area (Å²) >= 11 is 5.97. The molecule has 0 spiro atoms.